The third kappa shape index (κ3) is 3.03. The highest BCUT2D eigenvalue weighted by atomic mass is 35.5. The lowest BCUT2D eigenvalue weighted by molar-refractivity contribution is 0.502. The van der Waals surface area contributed by atoms with E-state index in [4.69, 9.17) is 16.0 Å². The van der Waals surface area contributed by atoms with Crippen LogP contribution in [0.1, 0.15) is 11.5 Å². The molecular weight excluding hydrogens is 352 g/mol. The van der Waals surface area contributed by atoms with Crippen LogP contribution in [0.2, 0.25) is 5.02 Å². The third-order valence-electron chi connectivity index (χ3n) is 3.61. The number of rotatable bonds is 4. The van der Waals surface area contributed by atoms with Gasteiger partial charge in [-0.15, -0.1) is 5.10 Å². The molecule has 0 saturated heterocycles. The predicted octanol–water partition coefficient (Wildman–Crippen LogP) is 4.21. The molecule has 0 spiro atoms. The Hall–Kier alpha value is -3.00. The number of hydrogen-bond acceptors (Lipinski definition) is 5. The quantitative estimate of drug-likeness (QED) is 0.569. The van der Waals surface area contributed by atoms with Crippen LogP contribution in [0.4, 0.5) is 20.5 Å². The molecule has 0 amide bonds. The van der Waals surface area contributed by atoms with Gasteiger partial charge >= 0.3 is 6.01 Å². The first kappa shape index (κ1) is 15.5. The summed E-state index contributed by atoms with van der Waals surface area (Å²) in [4.78, 5) is 0. The molecule has 0 saturated carbocycles. The second-order valence-electron chi connectivity index (χ2n) is 5.31. The largest absolute Gasteiger partial charge is 0.408 e. The summed E-state index contributed by atoms with van der Waals surface area (Å²) < 4.78 is 31.7. The number of anilines is 2. The van der Waals surface area contributed by atoms with Gasteiger partial charge in [0.05, 0.1) is 28.8 Å². The lowest BCUT2D eigenvalue weighted by Crippen LogP contribution is -1.92. The molecule has 6 nitrogen and oxygen atoms in total. The van der Waals surface area contributed by atoms with Gasteiger partial charge in [0.2, 0.25) is 5.89 Å². The third-order valence-corrected chi connectivity index (χ3v) is 4.01. The molecule has 25 heavy (non-hydrogen) atoms. The SMILES string of the molecule is Fc1ccc(Cc2nnc(Nc3ccc4[nH]ncc4c3Cl)o2)cc1F. The van der Waals surface area contributed by atoms with Crippen molar-refractivity contribution in [2.24, 2.45) is 0 Å². The van der Waals surface area contributed by atoms with Gasteiger partial charge in [0, 0.05) is 5.39 Å². The van der Waals surface area contributed by atoms with Crippen LogP contribution in [-0.2, 0) is 6.42 Å². The minimum Gasteiger partial charge on any atom is -0.408 e. The van der Waals surface area contributed by atoms with Crippen LogP contribution in [-0.4, -0.2) is 20.4 Å². The van der Waals surface area contributed by atoms with Crippen LogP contribution < -0.4 is 5.32 Å². The van der Waals surface area contributed by atoms with Crippen molar-refractivity contribution in [2.45, 2.75) is 6.42 Å². The molecule has 9 heteroatoms. The van der Waals surface area contributed by atoms with Crippen molar-refractivity contribution in [3.63, 3.8) is 0 Å². The summed E-state index contributed by atoms with van der Waals surface area (Å²) in [7, 11) is 0. The van der Waals surface area contributed by atoms with Crippen LogP contribution in [0.15, 0.2) is 40.9 Å². The van der Waals surface area contributed by atoms with Crippen LogP contribution in [0.5, 0.6) is 0 Å². The van der Waals surface area contributed by atoms with E-state index in [0.29, 0.717) is 16.3 Å². The molecule has 4 aromatic rings. The van der Waals surface area contributed by atoms with E-state index in [1.807, 2.05) is 6.07 Å². The van der Waals surface area contributed by atoms with Crippen molar-refractivity contribution >= 4 is 34.2 Å². The molecule has 0 aliphatic heterocycles. The summed E-state index contributed by atoms with van der Waals surface area (Å²) >= 11 is 6.31. The maximum Gasteiger partial charge on any atom is 0.320 e. The van der Waals surface area contributed by atoms with Gasteiger partial charge in [0.1, 0.15) is 0 Å². The minimum absolute atomic E-state index is 0.141. The Balaban J connectivity index is 1.54. The van der Waals surface area contributed by atoms with Gasteiger partial charge in [-0.3, -0.25) is 5.10 Å². The maximum absolute atomic E-state index is 13.2. The van der Waals surface area contributed by atoms with E-state index in [1.54, 1.807) is 12.3 Å². The number of aromatic amines is 1. The second kappa shape index (κ2) is 6.14. The van der Waals surface area contributed by atoms with Crippen molar-refractivity contribution in [3.8, 4) is 0 Å². The number of aromatic nitrogens is 4. The van der Waals surface area contributed by atoms with Crippen molar-refractivity contribution in [2.75, 3.05) is 5.32 Å². The van der Waals surface area contributed by atoms with E-state index >= 15 is 0 Å². The molecule has 0 aliphatic rings. The van der Waals surface area contributed by atoms with E-state index in [-0.39, 0.29) is 18.3 Å². The number of halogens is 3. The fraction of sp³-hybridized carbons (Fsp3) is 0.0625. The molecule has 0 fully saturated rings. The van der Waals surface area contributed by atoms with Gasteiger partial charge in [-0.25, -0.2) is 8.78 Å². The predicted molar refractivity (Wildman–Crippen MR) is 87.8 cm³/mol. The van der Waals surface area contributed by atoms with Crippen LogP contribution in [0.25, 0.3) is 10.9 Å². The summed E-state index contributed by atoms with van der Waals surface area (Å²) in [6.45, 7) is 0. The molecule has 2 N–H and O–H groups in total. The monoisotopic (exact) mass is 361 g/mol. The first-order valence-electron chi connectivity index (χ1n) is 7.25. The highest BCUT2D eigenvalue weighted by Crippen LogP contribution is 2.31. The van der Waals surface area contributed by atoms with Crippen LogP contribution >= 0.6 is 11.6 Å². The minimum atomic E-state index is -0.921. The van der Waals surface area contributed by atoms with Crippen molar-refractivity contribution in [1.82, 2.24) is 20.4 Å². The van der Waals surface area contributed by atoms with Crippen molar-refractivity contribution in [3.05, 3.63) is 64.6 Å². The normalized spacial score (nSPS) is 11.2. The zero-order chi connectivity index (χ0) is 17.4. The summed E-state index contributed by atoms with van der Waals surface area (Å²) in [6, 6.07) is 7.31. The molecule has 0 bridgehead atoms. The van der Waals surface area contributed by atoms with E-state index in [0.717, 1.165) is 23.0 Å². The van der Waals surface area contributed by atoms with Crippen LogP contribution in [0, 0.1) is 11.6 Å². The number of nitrogens with zero attached hydrogens (tertiary/aromatic N) is 3. The molecular formula is C16H10ClF2N5O. The summed E-state index contributed by atoms with van der Waals surface area (Å²) in [5.74, 6) is -1.56. The van der Waals surface area contributed by atoms with Crippen LogP contribution in [0.3, 0.4) is 0 Å². The molecule has 0 unspecified atom stereocenters. The molecule has 0 aliphatic carbocycles. The fourth-order valence-electron chi connectivity index (χ4n) is 2.39. The molecule has 0 atom stereocenters. The molecule has 4 rings (SSSR count). The Labute approximate surface area is 144 Å². The molecule has 126 valence electrons. The van der Waals surface area contributed by atoms with E-state index in [1.165, 1.54) is 6.07 Å². The highest BCUT2D eigenvalue weighted by Gasteiger charge is 2.12. The topological polar surface area (TPSA) is 79.6 Å². The second-order valence-corrected chi connectivity index (χ2v) is 5.69. The van der Waals surface area contributed by atoms with Gasteiger partial charge in [0.15, 0.2) is 11.6 Å². The Bertz CT molecular complexity index is 1060. The zero-order valence-electron chi connectivity index (χ0n) is 12.6. The van der Waals surface area contributed by atoms with Crippen molar-refractivity contribution < 1.29 is 13.2 Å². The fourth-order valence-corrected chi connectivity index (χ4v) is 2.66. The standard InChI is InChI=1S/C16H10ClF2N5O/c17-15-9-7-20-22-12(9)3-4-13(15)21-16-24-23-14(25-16)6-8-1-2-10(18)11(19)5-8/h1-5,7H,6H2,(H,20,22)(H,21,24). The Morgan fingerprint density at radius 1 is 1.12 bits per heavy atom. The van der Waals surface area contributed by atoms with Gasteiger partial charge in [-0.05, 0) is 29.8 Å². The Morgan fingerprint density at radius 2 is 2.00 bits per heavy atom. The van der Waals surface area contributed by atoms with E-state index in [9.17, 15) is 8.78 Å². The summed E-state index contributed by atoms with van der Waals surface area (Å²) in [5.41, 5.74) is 1.91. The Kier molecular flexibility index (Phi) is 3.81. The van der Waals surface area contributed by atoms with E-state index in [2.05, 4.69) is 25.7 Å². The maximum atomic E-state index is 13.2. The number of hydrogen-bond donors (Lipinski definition) is 2. The number of H-pyrrole nitrogens is 1. The summed E-state index contributed by atoms with van der Waals surface area (Å²) in [5, 5.41) is 18.7. The molecule has 2 heterocycles. The van der Waals surface area contributed by atoms with E-state index < -0.39 is 11.6 Å². The first-order valence-corrected chi connectivity index (χ1v) is 7.63. The van der Waals surface area contributed by atoms with Crippen molar-refractivity contribution in [1.29, 1.82) is 0 Å². The molecule has 0 radical (unpaired) electrons. The smallest absolute Gasteiger partial charge is 0.320 e. The zero-order valence-corrected chi connectivity index (χ0v) is 13.3. The molecule has 2 aromatic heterocycles. The number of fused-ring (bicyclic) bond motifs is 1. The van der Waals surface area contributed by atoms with Gasteiger partial charge in [0.25, 0.3) is 0 Å². The molecule has 2 aromatic carbocycles. The van der Waals surface area contributed by atoms with Gasteiger partial charge in [-0.1, -0.05) is 22.8 Å². The lowest BCUT2D eigenvalue weighted by Gasteiger charge is -2.04. The lowest BCUT2D eigenvalue weighted by atomic mass is 10.1. The Morgan fingerprint density at radius 3 is 2.84 bits per heavy atom. The van der Waals surface area contributed by atoms with Gasteiger partial charge < -0.3 is 9.73 Å². The average Bonchev–Trinajstić information content (AvgIpc) is 3.23. The first-order chi connectivity index (χ1) is 12.1. The number of nitrogens with one attached hydrogen (secondary N) is 2. The highest BCUT2D eigenvalue weighted by molar-refractivity contribution is 6.38. The van der Waals surface area contributed by atoms with Gasteiger partial charge in [-0.2, -0.15) is 5.10 Å². The average molecular weight is 362 g/mol. The number of benzene rings is 2. The summed E-state index contributed by atoms with van der Waals surface area (Å²) in [6.07, 6.45) is 1.80.